The Morgan fingerprint density at radius 1 is 0.970 bits per heavy atom. The Kier molecular flexibility index (Phi) is 9.95. The van der Waals surface area contributed by atoms with Crippen molar-refractivity contribution in [3.63, 3.8) is 0 Å². The molecule has 0 aliphatic heterocycles. The van der Waals surface area contributed by atoms with Crippen LogP contribution in [0.25, 0.3) is 0 Å². The number of nitrogens with one attached hydrogen (secondary N) is 1. The predicted molar refractivity (Wildman–Crippen MR) is 134 cm³/mol. The molecule has 0 unspecified atom stereocenters. The Labute approximate surface area is 199 Å². The second-order valence-corrected chi connectivity index (χ2v) is 9.60. The van der Waals surface area contributed by atoms with E-state index in [2.05, 4.69) is 26.1 Å². The topological polar surface area (TPSA) is 58.6 Å². The van der Waals surface area contributed by atoms with Crippen molar-refractivity contribution in [1.82, 2.24) is 10.2 Å². The van der Waals surface area contributed by atoms with Crippen LogP contribution in [0.3, 0.4) is 0 Å². The molecule has 0 saturated carbocycles. The van der Waals surface area contributed by atoms with Crippen molar-refractivity contribution in [3.8, 4) is 5.75 Å². The maximum absolute atomic E-state index is 13.4. The average molecular weight is 453 g/mol. The fourth-order valence-corrected chi connectivity index (χ4v) is 3.77. The summed E-state index contributed by atoms with van der Waals surface area (Å²) in [7, 11) is 0. The molecule has 0 aliphatic rings. The molecule has 0 bridgehead atoms. The van der Waals surface area contributed by atoms with Gasteiger partial charge in [0.25, 0.3) is 5.91 Å². The number of carbonyl (C=O) groups is 2. The zero-order valence-corrected chi connectivity index (χ0v) is 21.1. The highest BCUT2D eigenvalue weighted by Gasteiger charge is 2.29. The van der Waals surface area contributed by atoms with E-state index in [1.165, 1.54) is 0 Å². The van der Waals surface area contributed by atoms with Gasteiger partial charge in [0.15, 0.2) is 6.61 Å². The molecular formula is C28H40N2O3. The summed E-state index contributed by atoms with van der Waals surface area (Å²) in [6.07, 6.45) is 2.06. The van der Waals surface area contributed by atoms with Crippen molar-refractivity contribution in [2.45, 2.75) is 78.3 Å². The van der Waals surface area contributed by atoms with E-state index in [4.69, 9.17) is 4.74 Å². The van der Waals surface area contributed by atoms with E-state index >= 15 is 0 Å². The summed E-state index contributed by atoms with van der Waals surface area (Å²) in [5, 5.41) is 3.04. The fourth-order valence-electron chi connectivity index (χ4n) is 3.77. The van der Waals surface area contributed by atoms with Crippen LogP contribution in [0.5, 0.6) is 5.75 Å². The number of carbonyl (C=O) groups excluding carboxylic acids is 2. The zero-order valence-electron chi connectivity index (χ0n) is 21.1. The molecule has 33 heavy (non-hydrogen) atoms. The van der Waals surface area contributed by atoms with E-state index in [0.717, 1.165) is 17.5 Å². The van der Waals surface area contributed by atoms with Crippen LogP contribution in [0.2, 0.25) is 0 Å². The smallest absolute Gasteiger partial charge is 0.261 e. The summed E-state index contributed by atoms with van der Waals surface area (Å²) < 4.78 is 6.01. The third-order valence-electron chi connectivity index (χ3n) is 5.92. The van der Waals surface area contributed by atoms with Crippen LogP contribution in [0, 0.1) is 0 Å². The van der Waals surface area contributed by atoms with Gasteiger partial charge < -0.3 is 15.0 Å². The highest BCUT2D eigenvalue weighted by atomic mass is 16.5. The van der Waals surface area contributed by atoms with E-state index < -0.39 is 6.04 Å². The van der Waals surface area contributed by atoms with E-state index in [0.29, 0.717) is 25.1 Å². The Morgan fingerprint density at radius 3 is 2.21 bits per heavy atom. The first-order valence-electron chi connectivity index (χ1n) is 12.0. The third-order valence-corrected chi connectivity index (χ3v) is 5.92. The Bertz CT molecular complexity index is 890. The van der Waals surface area contributed by atoms with Crippen molar-refractivity contribution in [2.24, 2.45) is 0 Å². The van der Waals surface area contributed by atoms with Crippen molar-refractivity contribution in [1.29, 1.82) is 0 Å². The molecule has 0 aromatic heterocycles. The Morgan fingerprint density at radius 2 is 1.61 bits per heavy atom. The van der Waals surface area contributed by atoms with Crippen LogP contribution in [0.1, 0.15) is 65.5 Å². The molecule has 1 N–H and O–H groups in total. The molecule has 2 atom stereocenters. The first kappa shape index (κ1) is 26.4. The number of amides is 2. The number of ether oxygens (including phenoxy) is 1. The maximum Gasteiger partial charge on any atom is 0.261 e. The van der Waals surface area contributed by atoms with Crippen LogP contribution >= 0.6 is 0 Å². The van der Waals surface area contributed by atoms with Gasteiger partial charge in [0.2, 0.25) is 5.91 Å². The van der Waals surface area contributed by atoms with Crippen LogP contribution in [-0.4, -0.2) is 41.9 Å². The van der Waals surface area contributed by atoms with Gasteiger partial charge in [0.1, 0.15) is 11.8 Å². The van der Waals surface area contributed by atoms with Gasteiger partial charge in [-0.1, -0.05) is 83.1 Å². The molecule has 0 aliphatic carbocycles. The minimum atomic E-state index is -0.531. The number of para-hydroxylation sites is 1. The van der Waals surface area contributed by atoms with Gasteiger partial charge in [0, 0.05) is 12.6 Å². The number of hydrogen-bond acceptors (Lipinski definition) is 3. The zero-order chi connectivity index (χ0) is 24.4. The number of nitrogens with zero attached hydrogens (tertiary/aromatic N) is 1. The molecule has 0 heterocycles. The molecule has 0 fully saturated rings. The van der Waals surface area contributed by atoms with Crippen molar-refractivity contribution in [2.75, 3.05) is 13.2 Å². The molecular weight excluding hydrogens is 412 g/mol. The molecule has 180 valence electrons. The van der Waals surface area contributed by atoms with Gasteiger partial charge in [-0.2, -0.15) is 0 Å². The third kappa shape index (κ3) is 7.92. The standard InChI is InChI=1S/C28H40N2O3/c1-7-21(3)29-27(32)24(8-2)30(19-18-22-14-10-9-11-15-22)26(31)20-33-25-17-13-12-16-23(25)28(4,5)6/h9-17,21,24H,7-8,18-20H2,1-6H3,(H,29,32)/t21-,24-/m0/s1. The highest BCUT2D eigenvalue weighted by Crippen LogP contribution is 2.31. The Hall–Kier alpha value is -2.82. The summed E-state index contributed by atoms with van der Waals surface area (Å²) in [4.78, 5) is 28.1. The molecule has 0 spiro atoms. The highest BCUT2D eigenvalue weighted by molar-refractivity contribution is 5.88. The van der Waals surface area contributed by atoms with Crippen molar-refractivity contribution in [3.05, 3.63) is 65.7 Å². The monoisotopic (exact) mass is 452 g/mol. The number of rotatable bonds is 11. The number of hydrogen-bond donors (Lipinski definition) is 1. The molecule has 2 rings (SSSR count). The number of benzene rings is 2. The van der Waals surface area contributed by atoms with Gasteiger partial charge >= 0.3 is 0 Å². The molecule has 2 aromatic rings. The lowest BCUT2D eigenvalue weighted by atomic mass is 9.86. The van der Waals surface area contributed by atoms with E-state index in [1.54, 1.807) is 4.90 Å². The van der Waals surface area contributed by atoms with Gasteiger partial charge in [-0.15, -0.1) is 0 Å². The van der Waals surface area contributed by atoms with Gasteiger partial charge in [0.05, 0.1) is 0 Å². The largest absolute Gasteiger partial charge is 0.483 e. The van der Waals surface area contributed by atoms with Gasteiger partial charge in [-0.3, -0.25) is 9.59 Å². The molecule has 2 amide bonds. The maximum atomic E-state index is 13.4. The van der Waals surface area contributed by atoms with Crippen LogP contribution in [0.4, 0.5) is 0 Å². The van der Waals surface area contributed by atoms with E-state index in [-0.39, 0.29) is 29.9 Å². The van der Waals surface area contributed by atoms with E-state index in [1.807, 2.05) is 75.4 Å². The molecule has 0 radical (unpaired) electrons. The van der Waals surface area contributed by atoms with Crippen molar-refractivity contribution < 1.29 is 14.3 Å². The minimum Gasteiger partial charge on any atom is -0.483 e. The quantitative estimate of drug-likeness (QED) is 0.514. The Balaban J connectivity index is 2.21. The lowest BCUT2D eigenvalue weighted by Gasteiger charge is -2.31. The van der Waals surface area contributed by atoms with Gasteiger partial charge in [-0.05, 0) is 48.8 Å². The summed E-state index contributed by atoms with van der Waals surface area (Å²) in [5.41, 5.74) is 2.08. The van der Waals surface area contributed by atoms with Crippen LogP contribution in [-0.2, 0) is 21.4 Å². The van der Waals surface area contributed by atoms with Gasteiger partial charge in [-0.25, -0.2) is 0 Å². The summed E-state index contributed by atoms with van der Waals surface area (Å²) in [5.74, 6) is 0.419. The normalized spacial score (nSPS) is 13.2. The molecule has 2 aromatic carbocycles. The molecule has 0 saturated heterocycles. The van der Waals surface area contributed by atoms with Crippen LogP contribution < -0.4 is 10.1 Å². The SMILES string of the molecule is CC[C@H](C)NC(=O)[C@H](CC)N(CCc1ccccc1)C(=O)COc1ccccc1C(C)(C)C. The lowest BCUT2D eigenvalue weighted by molar-refractivity contribution is -0.142. The molecule has 5 nitrogen and oxygen atoms in total. The average Bonchev–Trinajstić information content (AvgIpc) is 2.80. The first-order valence-corrected chi connectivity index (χ1v) is 12.0. The second-order valence-electron chi connectivity index (χ2n) is 9.60. The summed E-state index contributed by atoms with van der Waals surface area (Å²) in [6, 6.07) is 17.4. The molecule has 5 heteroatoms. The van der Waals surface area contributed by atoms with Crippen molar-refractivity contribution >= 4 is 11.8 Å². The van der Waals surface area contributed by atoms with E-state index in [9.17, 15) is 9.59 Å². The first-order chi connectivity index (χ1) is 15.7. The summed E-state index contributed by atoms with van der Waals surface area (Å²) in [6.45, 7) is 12.7. The fraction of sp³-hybridized carbons (Fsp3) is 0.500. The summed E-state index contributed by atoms with van der Waals surface area (Å²) >= 11 is 0. The van der Waals surface area contributed by atoms with Crippen LogP contribution in [0.15, 0.2) is 54.6 Å². The lowest BCUT2D eigenvalue weighted by Crippen LogP contribution is -2.52. The predicted octanol–water partition coefficient (Wildman–Crippen LogP) is 5.13. The second kappa shape index (κ2) is 12.4. The minimum absolute atomic E-state index is 0.0625.